The molecular weight excluding hydrogens is 723 g/mol. The van der Waals surface area contributed by atoms with Crippen molar-refractivity contribution in [3.05, 3.63) is 125 Å². The van der Waals surface area contributed by atoms with E-state index in [9.17, 15) is 10.1 Å². The van der Waals surface area contributed by atoms with Crippen LogP contribution in [-0.2, 0) is 26.0 Å². The summed E-state index contributed by atoms with van der Waals surface area (Å²) in [5.41, 5.74) is 4.47. The standard InChI is InChI=1S/C44H47N7O6/c1-30-10-12-33(13-11-30)51-41(28-39(50-51)44(2,3)4)49-43(52)47-37-14-15-38(36-9-7-6-8-35(36)37)57-42-16-17-46-40(48-42)27-31-24-32(29-45)26-34(25-31)56-23-22-55-21-20-54-19-18-53-5/h6-17,24-26,28H,18-23,27H2,1-5H3,(H2,47,49,52). The zero-order valence-corrected chi connectivity index (χ0v) is 32.9. The van der Waals surface area contributed by atoms with Gasteiger partial charge in [0.05, 0.1) is 61.7 Å². The van der Waals surface area contributed by atoms with Crippen LogP contribution in [0.2, 0.25) is 0 Å². The van der Waals surface area contributed by atoms with E-state index in [2.05, 4.69) is 47.4 Å². The molecule has 6 aromatic rings. The van der Waals surface area contributed by atoms with E-state index >= 15 is 0 Å². The van der Waals surface area contributed by atoms with Crippen LogP contribution in [0.5, 0.6) is 17.4 Å². The van der Waals surface area contributed by atoms with Gasteiger partial charge in [-0.05, 0) is 55.0 Å². The Hall–Kier alpha value is -6.33. The largest absolute Gasteiger partial charge is 0.491 e. The van der Waals surface area contributed by atoms with E-state index < -0.39 is 6.03 Å². The van der Waals surface area contributed by atoms with Gasteiger partial charge in [-0.2, -0.15) is 15.3 Å². The van der Waals surface area contributed by atoms with Gasteiger partial charge in [-0.3, -0.25) is 5.32 Å². The summed E-state index contributed by atoms with van der Waals surface area (Å²) < 4.78 is 29.9. The van der Waals surface area contributed by atoms with E-state index in [4.69, 9.17) is 28.8 Å². The van der Waals surface area contributed by atoms with Crippen molar-refractivity contribution < 1.29 is 28.5 Å². The number of carbonyl (C=O) groups excluding carboxylic acids is 1. The molecule has 0 aliphatic carbocycles. The maximum absolute atomic E-state index is 13.5. The summed E-state index contributed by atoms with van der Waals surface area (Å²) in [5.74, 6) is 2.51. The minimum absolute atomic E-state index is 0.225. The molecule has 0 unspecified atom stereocenters. The summed E-state index contributed by atoms with van der Waals surface area (Å²) in [4.78, 5) is 22.6. The van der Waals surface area contributed by atoms with E-state index in [-0.39, 0.29) is 5.41 Å². The Morgan fingerprint density at radius 1 is 0.842 bits per heavy atom. The lowest BCUT2D eigenvalue weighted by Gasteiger charge is -2.14. The van der Waals surface area contributed by atoms with Gasteiger partial charge >= 0.3 is 6.03 Å². The molecule has 0 saturated heterocycles. The number of amides is 2. The number of hydrogen-bond donors (Lipinski definition) is 2. The number of aromatic nitrogens is 4. The third-order valence-corrected chi connectivity index (χ3v) is 8.78. The molecule has 0 atom stereocenters. The van der Waals surface area contributed by atoms with Gasteiger partial charge in [-0.25, -0.2) is 14.5 Å². The first-order valence-electron chi connectivity index (χ1n) is 18.7. The Morgan fingerprint density at radius 3 is 2.32 bits per heavy atom. The van der Waals surface area contributed by atoms with Gasteiger partial charge < -0.3 is 29.0 Å². The Labute approximate surface area is 332 Å². The van der Waals surface area contributed by atoms with Crippen LogP contribution < -0.4 is 20.1 Å². The molecule has 13 heteroatoms. The van der Waals surface area contributed by atoms with Gasteiger partial charge in [0, 0.05) is 48.0 Å². The molecule has 57 heavy (non-hydrogen) atoms. The minimum Gasteiger partial charge on any atom is -0.491 e. The second kappa shape index (κ2) is 19.0. The van der Waals surface area contributed by atoms with Crippen LogP contribution in [0.15, 0.2) is 97.2 Å². The fourth-order valence-corrected chi connectivity index (χ4v) is 5.87. The molecule has 2 heterocycles. The molecular formula is C44H47N7O6. The monoisotopic (exact) mass is 769 g/mol. The molecule has 294 valence electrons. The van der Waals surface area contributed by atoms with Gasteiger partial charge in [0.1, 0.15) is 29.7 Å². The van der Waals surface area contributed by atoms with Crippen molar-refractivity contribution in [2.75, 3.05) is 57.4 Å². The molecule has 0 aliphatic heterocycles. The summed E-state index contributed by atoms with van der Waals surface area (Å²) >= 11 is 0. The molecule has 0 bridgehead atoms. The summed E-state index contributed by atoms with van der Waals surface area (Å²) in [7, 11) is 1.63. The highest BCUT2D eigenvalue weighted by molar-refractivity contribution is 6.07. The summed E-state index contributed by atoms with van der Waals surface area (Å²) in [6, 6.07) is 29.9. The number of nitriles is 1. The number of hydrogen-bond acceptors (Lipinski definition) is 10. The molecule has 0 saturated carbocycles. The number of carbonyl (C=O) groups is 1. The Bertz CT molecular complexity index is 2330. The van der Waals surface area contributed by atoms with E-state index in [1.807, 2.05) is 67.6 Å². The van der Waals surface area contributed by atoms with Crippen LogP contribution in [0, 0.1) is 18.3 Å². The zero-order chi connectivity index (χ0) is 40.2. The van der Waals surface area contributed by atoms with Crippen LogP contribution in [0.1, 0.15) is 49.0 Å². The number of aryl methyl sites for hydroxylation is 1. The van der Waals surface area contributed by atoms with Crippen molar-refractivity contribution in [1.29, 1.82) is 5.26 Å². The minimum atomic E-state index is -0.412. The van der Waals surface area contributed by atoms with E-state index in [1.165, 1.54) is 0 Å². The fraction of sp³-hybridized carbons (Fsp3) is 0.295. The maximum atomic E-state index is 13.5. The molecule has 6 rings (SSSR count). The second-order valence-corrected chi connectivity index (χ2v) is 14.3. The average molecular weight is 770 g/mol. The van der Waals surface area contributed by atoms with Crippen molar-refractivity contribution in [2.24, 2.45) is 0 Å². The van der Waals surface area contributed by atoms with Gasteiger partial charge in [0.2, 0.25) is 5.88 Å². The first kappa shape index (κ1) is 40.3. The van der Waals surface area contributed by atoms with E-state index in [1.54, 1.807) is 48.3 Å². The third-order valence-electron chi connectivity index (χ3n) is 8.78. The van der Waals surface area contributed by atoms with Crippen molar-refractivity contribution in [2.45, 2.75) is 39.5 Å². The molecule has 2 N–H and O–H groups in total. The van der Waals surface area contributed by atoms with Gasteiger partial charge in [0.15, 0.2) is 0 Å². The smallest absolute Gasteiger partial charge is 0.324 e. The van der Waals surface area contributed by atoms with Gasteiger partial charge in [0.25, 0.3) is 0 Å². The van der Waals surface area contributed by atoms with Crippen LogP contribution in [-0.4, -0.2) is 72.5 Å². The summed E-state index contributed by atoms with van der Waals surface area (Å²) in [6.45, 7) is 11.0. The highest BCUT2D eigenvalue weighted by Crippen LogP contribution is 2.34. The molecule has 13 nitrogen and oxygen atoms in total. The van der Waals surface area contributed by atoms with Crippen LogP contribution >= 0.6 is 0 Å². The number of rotatable bonds is 17. The summed E-state index contributed by atoms with van der Waals surface area (Å²) in [5, 5.41) is 22.1. The Balaban J connectivity index is 1.12. The molecule has 2 amide bonds. The van der Waals surface area contributed by atoms with Crippen molar-refractivity contribution >= 4 is 28.3 Å². The van der Waals surface area contributed by atoms with E-state index in [0.29, 0.717) is 86.3 Å². The van der Waals surface area contributed by atoms with Crippen LogP contribution in [0.4, 0.5) is 16.3 Å². The first-order valence-corrected chi connectivity index (χ1v) is 18.7. The number of nitrogens with zero attached hydrogens (tertiary/aromatic N) is 5. The number of anilines is 2. The number of fused-ring (bicyclic) bond motifs is 1. The number of methoxy groups -OCH3 is 1. The molecule has 0 spiro atoms. The zero-order valence-electron chi connectivity index (χ0n) is 32.9. The fourth-order valence-electron chi connectivity index (χ4n) is 5.87. The molecule has 0 radical (unpaired) electrons. The third kappa shape index (κ3) is 11.1. The molecule has 0 aliphatic rings. The Kier molecular flexibility index (Phi) is 13.5. The highest BCUT2D eigenvalue weighted by atomic mass is 16.6. The quantitative estimate of drug-likeness (QED) is 0.0865. The second-order valence-electron chi connectivity index (χ2n) is 14.3. The Morgan fingerprint density at radius 2 is 1.58 bits per heavy atom. The summed E-state index contributed by atoms with van der Waals surface area (Å²) in [6.07, 6.45) is 1.98. The topological polar surface area (TPSA) is 155 Å². The van der Waals surface area contributed by atoms with Gasteiger partial charge in [-0.1, -0.05) is 62.7 Å². The lowest BCUT2D eigenvalue weighted by molar-refractivity contribution is 0.0179. The number of urea groups is 1. The average Bonchev–Trinajstić information content (AvgIpc) is 3.63. The molecule has 0 fully saturated rings. The van der Waals surface area contributed by atoms with Crippen molar-refractivity contribution in [3.8, 4) is 29.1 Å². The SMILES string of the molecule is COCCOCCOCCOc1cc(C#N)cc(Cc2nccc(Oc3ccc(NC(=O)Nc4cc(C(C)(C)C)nn4-c4ccc(C)cc4)c4ccccc34)n2)c1. The normalized spacial score (nSPS) is 11.3. The highest BCUT2D eigenvalue weighted by Gasteiger charge is 2.22. The van der Waals surface area contributed by atoms with Crippen LogP contribution in [0.3, 0.4) is 0 Å². The number of nitrogens with one attached hydrogen (secondary N) is 2. The predicted molar refractivity (Wildman–Crippen MR) is 219 cm³/mol. The van der Waals surface area contributed by atoms with Gasteiger partial charge in [-0.15, -0.1) is 0 Å². The lowest BCUT2D eigenvalue weighted by atomic mass is 9.92. The van der Waals surface area contributed by atoms with Crippen molar-refractivity contribution in [1.82, 2.24) is 19.7 Å². The lowest BCUT2D eigenvalue weighted by Crippen LogP contribution is -2.21. The molecule has 2 aromatic heterocycles. The maximum Gasteiger partial charge on any atom is 0.324 e. The molecule has 4 aromatic carbocycles. The first-order chi connectivity index (χ1) is 27.6. The predicted octanol–water partition coefficient (Wildman–Crippen LogP) is 8.38. The number of benzene rings is 4. The van der Waals surface area contributed by atoms with Crippen LogP contribution in [0.25, 0.3) is 16.5 Å². The number of ether oxygens (including phenoxy) is 5. The van der Waals surface area contributed by atoms with E-state index in [0.717, 1.165) is 33.3 Å². The van der Waals surface area contributed by atoms with Crippen molar-refractivity contribution in [3.63, 3.8) is 0 Å².